The summed E-state index contributed by atoms with van der Waals surface area (Å²) >= 11 is 0. The Kier molecular flexibility index (Phi) is 6.87. The summed E-state index contributed by atoms with van der Waals surface area (Å²) < 4.78 is 23.0. The molecule has 3 saturated carbocycles. The average molecular weight is 483 g/mol. The van der Waals surface area contributed by atoms with E-state index in [0.29, 0.717) is 25.6 Å². The van der Waals surface area contributed by atoms with Crippen LogP contribution in [0.25, 0.3) is 11.0 Å². The number of furan rings is 1. The average Bonchev–Trinajstić information content (AvgIpc) is 3.26. The van der Waals surface area contributed by atoms with Gasteiger partial charge in [0.15, 0.2) is 0 Å². The third-order valence-electron chi connectivity index (χ3n) is 8.54. The van der Waals surface area contributed by atoms with Crippen LogP contribution in [0.15, 0.2) is 34.9 Å². The largest absolute Gasteiger partial charge is 0.464 e. The van der Waals surface area contributed by atoms with Crippen molar-refractivity contribution in [2.45, 2.75) is 63.7 Å². The monoisotopic (exact) mass is 483 g/mol. The fourth-order valence-corrected chi connectivity index (χ4v) is 6.17. The molecule has 2 bridgehead atoms. The first-order chi connectivity index (χ1) is 16.8. The van der Waals surface area contributed by atoms with Gasteiger partial charge in [-0.1, -0.05) is 32.0 Å². The fraction of sp³-hybridized carbons (Fsp3) is 0.654. The Morgan fingerprint density at radius 1 is 1.31 bits per heavy atom. The number of rotatable bonds is 8. The Bertz CT molecular complexity index is 1040. The lowest BCUT2D eigenvalue weighted by atomic mass is 9.43. The van der Waals surface area contributed by atoms with Gasteiger partial charge in [0, 0.05) is 17.9 Å². The lowest BCUT2D eigenvalue weighted by Gasteiger charge is -2.66. The zero-order valence-corrected chi connectivity index (χ0v) is 20.8. The first-order valence-electron chi connectivity index (χ1n) is 12.7. The smallest absolute Gasteiger partial charge is 0.406 e. The van der Waals surface area contributed by atoms with Crippen LogP contribution in [0.2, 0.25) is 0 Å². The molecule has 4 fully saturated rings. The Morgan fingerprint density at radius 2 is 2.14 bits per heavy atom. The van der Waals surface area contributed by atoms with Crippen LogP contribution in [0.1, 0.15) is 39.2 Å². The number of ether oxygens (including phenoxy) is 2. The minimum absolute atomic E-state index is 0.0175. The highest BCUT2D eigenvalue weighted by molar-refractivity contribution is 6.30. The number of fused-ring (bicyclic) bond motifs is 3. The molecule has 35 heavy (non-hydrogen) atoms. The van der Waals surface area contributed by atoms with Crippen molar-refractivity contribution in [3.63, 3.8) is 0 Å². The molecule has 1 radical (unpaired) electrons. The molecule has 6 rings (SSSR count). The van der Waals surface area contributed by atoms with E-state index in [1.807, 2.05) is 31.2 Å². The van der Waals surface area contributed by atoms with E-state index in [1.54, 1.807) is 13.7 Å². The molecule has 189 valence electrons. The summed E-state index contributed by atoms with van der Waals surface area (Å²) in [5, 5.41) is 18.1. The third-order valence-corrected chi connectivity index (χ3v) is 8.54. The Hall–Kier alpha value is -2.07. The van der Waals surface area contributed by atoms with Gasteiger partial charge in [-0.05, 0) is 55.1 Å². The van der Waals surface area contributed by atoms with Crippen molar-refractivity contribution in [2.75, 3.05) is 26.4 Å². The minimum atomic E-state index is -0.704. The Labute approximate surface area is 207 Å². The first kappa shape index (κ1) is 24.6. The van der Waals surface area contributed by atoms with Gasteiger partial charge in [-0.3, -0.25) is 0 Å². The van der Waals surface area contributed by atoms with E-state index in [-0.39, 0.29) is 24.0 Å². The van der Waals surface area contributed by atoms with Crippen molar-refractivity contribution >= 4 is 24.5 Å². The number of para-hydroxylation sites is 1. The van der Waals surface area contributed by atoms with Crippen molar-refractivity contribution in [1.82, 2.24) is 10.6 Å². The standard InChI is InChI=1S/C26H36BN2O6/c1-25(2)17-11-21(25)26(3,22(30)12-17)35-27-23(10-16-13-33-20-7-5-4-6-19(16)20)29-24(31)34-15-18-14-32-9-8-28-18/h4-7,13,17-18,21-23,28,30H,8-12,14-15H2,1-3H3,(H,29,31)/t17-,18+,21-,22?,23-,26-/m0/s1. The van der Waals surface area contributed by atoms with E-state index < -0.39 is 23.7 Å². The molecule has 0 spiro atoms. The normalized spacial score (nSPS) is 32.5. The molecule has 1 aliphatic heterocycles. The number of benzene rings is 1. The van der Waals surface area contributed by atoms with Crippen LogP contribution in [0.5, 0.6) is 0 Å². The zero-order chi connectivity index (χ0) is 24.6. The fourth-order valence-electron chi connectivity index (χ4n) is 6.17. The van der Waals surface area contributed by atoms with Gasteiger partial charge in [0.05, 0.1) is 37.2 Å². The molecule has 1 unspecified atom stereocenters. The molecule has 9 heteroatoms. The van der Waals surface area contributed by atoms with Gasteiger partial charge in [0.2, 0.25) is 0 Å². The SMILES string of the molecule is CC1(C)[C@@H]2CC(O)[C@@](C)(O[B][C@H](Cc3coc4ccccc34)NC(=O)OC[C@H]3COCCN3)[C@H]1C2. The first-order valence-corrected chi connectivity index (χ1v) is 12.7. The van der Waals surface area contributed by atoms with Gasteiger partial charge >= 0.3 is 13.6 Å². The topological polar surface area (TPSA) is 102 Å². The summed E-state index contributed by atoms with van der Waals surface area (Å²) in [5.41, 5.74) is 1.18. The number of hydrogen-bond donors (Lipinski definition) is 3. The number of carbonyl (C=O) groups is 1. The summed E-state index contributed by atoms with van der Waals surface area (Å²) in [7, 11) is 1.67. The van der Waals surface area contributed by atoms with Gasteiger partial charge in [0.25, 0.3) is 0 Å². The van der Waals surface area contributed by atoms with E-state index in [0.717, 1.165) is 35.9 Å². The summed E-state index contributed by atoms with van der Waals surface area (Å²) in [5.74, 6) is 0.307. The van der Waals surface area contributed by atoms with Gasteiger partial charge in [-0.25, -0.2) is 4.79 Å². The van der Waals surface area contributed by atoms with Crippen molar-refractivity contribution in [2.24, 2.45) is 17.3 Å². The molecular weight excluding hydrogens is 447 g/mol. The molecule has 1 saturated heterocycles. The van der Waals surface area contributed by atoms with Crippen LogP contribution in [-0.4, -0.2) is 68.7 Å². The van der Waals surface area contributed by atoms with Crippen molar-refractivity contribution in [3.8, 4) is 0 Å². The van der Waals surface area contributed by atoms with E-state index in [9.17, 15) is 9.90 Å². The van der Waals surface area contributed by atoms with Crippen LogP contribution >= 0.6 is 0 Å². The lowest BCUT2D eigenvalue weighted by molar-refractivity contribution is -0.234. The molecule has 1 amide bonds. The molecular formula is C26H36BN2O6. The van der Waals surface area contributed by atoms with E-state index >= 15 is 0 Å². The van der Waals surface area contributed by atoms with Gasteiger partial charge in [0.1, 0.15) is 12.2 Å². The summed E-state index contributed by atoms with van der Waals surface area (Å²) in [6.07, 6.45) is 2.91. The van der Waals surface area contributed by atoms with Crippen molar-refractivity contribution in [1.29, 1.82) is 0 Å². The van der Waals surface area contributed by atoms with Gasteiger partial charge in [-0.2, -0.15) is 0 Å². The highest BCUT2D eigenvalue weighted by atomic mass is 16.6. The maximum absolute atomic E-state index is 12.7. The summed E-state index contributed by atoms with van der Waals surface area (Å²) in [6, 6.07) is 7.80. The number of amides is 1. The number of hydrogen-bond acceptors (Lipinski definition) is 7. The second-order valence-corrected chi connectivity index (χ2v) is 11.0. The van der Waals surface area contributed by atoms with Crippen LogP contribution in [-0.2, 0) is 20.5 Å². The van der Waals surface area contributed by atoms with Crippen molar-refractivity contribution < 1.29 is 28.4 Å². The molecule has 2 aromatic rings. The van der Waals surface area contributed by atoms with Crippen molar-refractivity contribution in [3.05, 3.63) is 36.1 Å². The Balaban J connectivity index is 1.27. The summed E-state index contributed by atoms with van der Waals surface area (Å²) in [6.45, 7) is 8.66. The molecule has 6 atom stereocenters. The molecule has 2 heterocycles. The number of nitrogens with one attached hydrogen (secondary N) is 2. The van der Waals surface area contributed by atoms with Crippen LogP contribution in [0.4, 0.5) is 4.79 Å². The molecule has 3 aliphatic carbocycles. The molecule has 1 aromatic heterocycles. The van der Waals surface area contributed by atoms with E-state index in [4.69, 9.17) is 18.5 Å². The van der Waals surface area contributed by atoms with Crippen LogP contribution in [0, 0.1) is 17.3 Å². The number of carbonyl (C=O) groups excluding carboxylic acids is 1. The molecule has 4 aliphatic rings. The van der Waals surface area contributed by atoms with Crippen LogP contribution in [0.3, 0.4) is 0 Å². The number of alkyl carbamates (subject to hydrolysis) is 1. The highest BCUT2D eigenvalue weighted by Gasteiger charge is 2.63. The van der Waals surface area contributed by atoms with Gasteiger partial charge < -0.3 is 34.3 Å². The second-order valence-electron chi connectivity index (χ2n) is 11.0. The predicted molar refractivity (Wildman–Crippen MR) is 132 cm³/mol. The molecule has 3 N–H and O–H groups in total. The number of aliphatic hydroxyl groups excluding tert-OH is 1. The van der Waals surface area contributed by atoms with E-state index in [1.165, 1.54) is 0 Å². The highest BCUT2D eigenvalue weighted by Crippen LogP contribution is 2.63. The molecule has 8 nitrogen and oxygen atoms in total. The van der Waals surface area contributed by atoms with Crippen LogP contribution < -0.4 is 10.6 Å². The number of aliphatic hydroxyl groups is 1. The predicted octanol–water partition coefficient (Wildman–Crippen LogP) is 2.84. The number of morpholine rings is 1. The quantitative estimate of drug-likeness (QED) is 0.497. The minimum Gasteiger partial charge on any atom is -0.464 e. The maximum Gasteiger partial charge on any atom is 0.406 e. The van der Waals surface area contributed by atoms with E-state index in [2.05, 4.69) is 24.5 Å². The second kappa shape index (κ2) is 9.77. The van der Waals surface area contributed by atoms with Gasteiger partial charge in [-0.15, -0.1) is 0 Å². The molecule has 1 aromatic carbocycles. The lowest BCUT2D eigenvalue weighted by Crippen LogP contribution is -2.68. The summed E-state index contributed by atoms with van der Waals surface area (Å²) in [4.78, 5) is 12.7. The Morgan fingerprint density at radius 3 is 2.91 bits per heavy atom. The maximum atomic E-state index is 12.7. The zero-order valence-electron chi connectivity index (χ0n) is 20.8. The third kappa shape index (κ3) is 4.83.